The first kappa shape index (κ1) is 13.3. The average molecular weight is 307 g/mol. The van der Waals surface area contributed by atoms with E-state index in [0.717, 1.165) is 12.1 Å². The van der Waals surface area contributed by atoms with Crippen LogP contribution in [0, 0.1) is 12.8 Å². The zero-order valence-corrected chi connectivity index (χ0v) is 12.7. The number of benzene rings is 1. The Labute approximate surface area is 117 Å². The Morgan fingerprint density at radius 1 is 1.28 bits per heavy atom. The number of halogens is 1. The van der Waals surface area contributed by atoms with Crippen LogP contribution < -0.4 is 0 Å². The second-order valence-electron chi connectivity index (χ2n) is 4.89. The number of alkyl halides is 1. The van der Waals surface area contributed by atoms with Crippen LogP contribution in [0.25, 0.3) is 0 Å². The van der Waals surface area contributed by atoms with Gasteiger partial charge in [-0.2, -0.15) is 5.10 Å². The third-order valence-corrected chi connectivity index (χ3v) is 4.68. The molecule has 1 heterocycles. The number of hydrogen-bond donors (Lipinski definition) is 0. The minimum atomic E-state index is 0.383. The molecule has 0 spiro atoms. The molecule has 0 saturated carbocycles. The molecule has 0 aliphatic heterocycles. The van der Waals surface area contributed by atoms with Crippen LogP contribution in [-0.4, -0.2) is 9.78 Å². The van der Waals surface area contributed by atoms with Gasteiger partial charge in [-0.1, -0.05) is 53.2 Å². The van der Waals surface area contributed by atoms with Crippen molar-refractivity contribution in [1.82, 2.24) is 9.78 Å². The Morgan fingerprint density at radius 2 is 1.94 bits per heavy atom. The van der Waals surface area contributed by atoms with Crippen molar-refractivity contribution in [3.05, 3.63) is 53.3 Å². The smallest absolute Gasteiger partial charge is 0.0596 e. The fraction of sp³-hybridized carbons (Fsp3) is 0.400. The van der Waals surface area contributed by atoms with E-state index in [0.29, 0.717) is 10.7 Å². The first-order valence-corrected chi connectivity index (χ1v) is 7.18. The molecule has 0 saturated heterocycles. The maximum atomic E-state index is 4.40. The molecule has 1 aromatic heterocycles. The topological polar surface area (TPSA) is 17.8 Å². The lowest BCUT2D eigenvalue weighted by Crippen LogP contribution is -2.10. The highest BCUT2D eigenvalue weighted by Crippen LogP contribution is 2.32. The lowest BCUT2D eigenvalue weighted by Gasteiger charge is -2.18. The van der Waals surface area contributed by atoms with Crippen LogP contribution in [0.1, 0.15) is 28.7 Å². The molecule has 0 amide bonds. The minimum absolute atomic E-state index is 0.383. The quantitative estimate of drug-likeness (QED) is 0.779. The van der Waals surface area contributed by atoms with Crippen LogP contribution in [0.5, 0.6) is 0 Å². The average Bonchev–Trinajstić information content (AvgIpc) is 2.68. The van der Waals surface area contributed by atoms with Gasteiger partial charge in [0, 0.05) is 17.6 Å². The first-order chi connectivity index (χ1) is 8.58. The molecule has 2 nitrogen and oxygen atoms in total. The summed E-state index contributed by atoms with van der Waals surface area (Å²) in [6.07, 6.45) is 1.03. The molecule has 0 radical (unpaired) electrons. The summed E-state index contributed by atoms with van der Waals surface area (Å²) < 4.78 is 1.98. The molecule has 0 fully saturated rings. The van der Waals surface area contributed by atoms with Crippen molar-refractivity contribution >= 4 is 15.9 Å². The number of aryl methyl sites for hydroxylation is 2. The summed E-state index contributed by atoms with van der Waals surface area (Å²) >= 11 is 3.81. The zero-order chi connectivity index (χ0) is 13.1. The van der Waals surface area contributed by atoms with E-state index in [2.05, 4.69) is 64.4 Å². The van der Waals surface area contributed by atoms with Crippen molar-refractivity contribution in [2.75, 3.05) is 0 Å². The monoisotopic (exact) mass is 306 g/mol. The van der Waals surface area contributed by atoms with Crippen LogP contribution in [0.4, 0.5) is 0 Å². The second kappa shape index (κ2) is 5.70. The summed E-state index contributed by atoms with van der Waals surface area (Å²) in [4.78, 5) is 0.383. The number of rotatable bonds is 4. The Bertz CT molecular complexity index is 504. The zero-order valence-electron chi connectivity index (χ0n) is 11.1. The van der Waals surface area contributed by atoms with E-state index in [9.17, 15) is 0 Å². The fourth-order valence-electron chi connectivity index (χ4n) is 2.25. The first-order valence-electron chi connectivity index (χ1n) is 6.26. The normalized spacial score (nSPS) is 14.4. The number of nitrogens with zero attached hydrogens (tertiary/aromatic N) is 2. The molecule has 0 aliphatic carbocycles. The fourth-order valence-corrected chi connectivity index (χ4v) is 2.75. The SMILES string of the molecule is Cc1cc(CC(C)C(Br)c2ccccc2)n(C)n1. The highest BCUT2D eigenvalue weighted by molar-refractivity contribution is 9.09. The molecule has 2 aromatic rings. The van der Waals surface area contributed by atoms with E-state index in [1.165, 1.54) is 11.3 Å². The summed E-state index contributed by atoms with van der Waals surface area (Å²) in [5.41, 5.74) is 3.72. The van der Waals surface area contributed by atoms with Gasteiger partial charge < -0.3 is 0 Å². The van der Waals surface area contributed by atoms with Gasteiger partial charge in [-0.25, -0.2) is 0 Å². The van der Waals surface area contributed by atoms with Crippen molar-refractivity contribution in [3.8, 4) is 0 Å². The van der Waals surface area contributed by atoms with Gasteiger partial charge in [0.15, 0.2) is 0 Å². The van der Waals surface area contributed by atoms with Gasteiger partial charge in [0.2, 0.25) is 0 Å². The van der Waals surface area contributed by atoms with Gasteiger partial charge in [0.25, 0.3) is 0 Å². The molecule has 0 N–H and O–H groups in total. The second-order valence-corrected chi connectivity index (χ2v) is 5.88. The maximum Gasteiger partial charge on any atom is 0.0596 e. The molecule has 2 unspecified atom stereocenters. The van der Waals surface area contributed by atoms with E-state index in [1.54, 1.807) is 0 Å². The third kappa shape index (κ3) is 3.02. The van der Waals surface area contributed by atoms with E-state index >= 15 is 0 Å². The predicted octanol–water partition coefficient (Wildman–Crippen LogP) is 4.04. The summed E-state index contributed by atoms with van der Waals surface area (Å²) in [6.45, 7) is 4.31. The van der Waals surface area contributed by atoms with Crippen LogP contribution in [-0.2, 0) is 13.5 Å². The van der Waals surface area contributed by atoms with Crippen molar-refractivity contribution in [3.63, 3.8) is 0 Å². The molecular weight excluding hydrogens is 288 g/mol. The van der Waals surface area contributed by atoms with Gasteiger partial charge in [-0.05, 0) is 30.9 Å². The van der Waals surface area contributed by atoms with Crippen LogP contribution in [0.15, 0.2) is 36.4 Å². The number of hydrogen-bond acceptors (Lipinski definition) is 1. The Balaban J connectivity index is 2.08. The van der Waals surface area contributed by atoms with Gasteiger partial charge in [0.1, 0.15) is 0 Å². The Hall–Kier alpha value is -1.09. The lowest BCUT2D eigenvalue weighted by molar-refractivity contribution is 0.542. The molecule has 18 heavy (non-hydrogen) atoms. The van der Waals surface area contributed by atoms with Gasteiger partial charge in [0.05, 0.1) is 5.69 Å². The van der Waals surface area contributed by atoms with Crippen LogP contribution in [0.3, 0.4) is 0 Å². The lowest BCUT2D eigenvalue weighted by atomic mass is 9.96. The molecule has 1 aromatic carbocycles. The molecular formula is C15H19BrN2. The van der Waals surface area contributed by atoms with E-state index < -0.39 is 0 Å². The van der Waals surface area contributed by atoms with E-state index in [-0.39, 0.29) is 0 Å². The molecule has 96 valence electrons. The van der Waals surface area contributed by atoms with E-state index in [1.807, 2.05) is 18.7 Å². The van der Waals surface area contributed by atoms with Crippen molar-refractivity contribution in [1.29, 1.82) is 0 Å². The summed E-state index contributed by atoms with van der Waals surface area (Å²) in [5.74, 6) is 0.530. The van der Waals surface area contributed by atoms with Crippen molar-refractivity contribution in [2.45, 2.75) is 25.1 Å². The summed E-state index contributed by atoms with van der Waals surface area (Å²) in [5, 5.41) is 4.40. The third-order valence-electron chi connectivity index (χ3n) is 3.25. The van der Waals surface area contributed by atoms with Crippen LogP contribution in [0.2, 0.25) is 0 Å². The highest BCUT2D eigenvalue weighted by atomic mass is 79.9. The maximum absolute atomic E-state index is 4.40. The summed E-state index contributed by atoms with van der Waals surface area (Å²) in [6, 6.07) is 12.7. The predicted molar refractivity (Wildman–Crippen MR) is 78.9 cm³/mol. The molecule has 2 rings (SSSR count). The Morgan fingerprint density at radius 3 is 2.50 bits per heavy atom. The van der Waals surface area contributed by atoms with Gasteiger partial charge >= 0.3 is 0 Å². The largest absolute Gasteiger partial charge is 0.272 e. The van der Waals surface area contributed by atoms with Crippen LogP contribution >= 0.6 is 15.9 Å². The van der Waals surface area contributed by atoms with Gasteiger partial charge in [-0.3, -0.25) is 4.68 Å². The highest BCUT2D eigenvalue weighted by Gasteiger charge is 2.17. The van der Waals surface area contributed by atoms with Crippen molar-refractivity contribution < 1.29 is 0 Å². The summed E-state index contributed by atoms with van der Waals surface area (Å²) in [7, 11) is 2.01. The standard InChI is InChI=1S/C15H19BrN2/c1-11(9-14-10-12(2)17-18(14)3)15(16)13-7-5-4-6-8-13/h4-8,10-11,15H,9H2,1-3H3. The molecule has 3 heteroatoms. The molecule has 0 bridgehead atoms. The molecule has 0 aliphatic rings. The van der Waals surface area contributed by atoms with Gasteiger partial charge in [-0.15, -0.1) is 0 Å². The van der Waals surface area contributed by atoms with E-state index in [4.69, 9.17) is 0 Å². The molecule has 2 atom stereocenters. The number of aromatic nitrogens is 2. The minimum Gasteiger partial charge on any atom is -0.272 e. The Kier molecular flexibility index (Phi) is 4.23. The van der Waals surface area contributed by atoms with Crippen molar-refractivity contribution in [2.24, 2.45) is 13.0 Å².